The molecule has 106 valence electrons. The maximum absolute atomic E-state index is 12.2. The van der Waals surface area contributed by atoms with Crippen molar-refractivity contribution >= 4 is 18.3 Å². The Balaban J connectivity index is 0.00000162. The summed E-state index contributed by atoms with van der Waals surface area (Å²) in [4.78, 5) is 12.2. The third-order valence-corrected chi connectivity index (χ3v) is 4.01. The molecule has 0 heterocycles. The maximum Gasteiger partial charge on any atom is 0.226 e. The van der Waals surface area contributed by atoms with Crippen LogP contribution in [0.1, 0.15) is 52.4 Å². The topological polar surface area (TPSA) is 41.1 Å². The smallest absolute Gasteiger partial charge is 0.226 e. The van der Waals surface area contributed by atoms with Crippen LogP contribution in [-0.4, -0.2) is 25.0 Å². The molecular formula is C14H27ClN2O. The number of carbonyl (C=O) groups is 1. The van der Waals surface area contributed by atoms with Crippen molar-refractivity contribution in [1.29, 1.82) is 0 Å². The number of nitrogens with one attached hydrogen (secondary N) is 2. The molecule has 2 aliphatic carbocycles. The van der Waals surface area contributed by atoms with Gasteiger partial charge in [-0.3, -0.25) is 4.79 Å². The second-order valence-corrected chi connectivity index (χ2v) is 6.22. The van der Waals surface area contributed by atoms with E-state index in [0.717, 1.165) is 38.4 Å². The van der Waals surface area contributed by atoms with Gasteiger partial charge in [-0.25, -0.2) is 0 Å². The fraction of sp³-hybridized carbons (Fsp3) is 0.929. The van der Waals surface area contributed by atoms with Gasteiger partial charge in [0.15, 0.2) is 0 Å². The molecule has 0 aliphatic heterocycles. The molecule has 0 aromatic rings. The normalized spacial score (nSPS) is 21.1. The van der Waals surface area contributed by atoms with E-state index in [9.17, 15) is 4.79 Å². The van der Waals surface area contributed by atoms with Gasteiger partial charge in [0.1, 0.15) is 0 Å². The second-order valence-electron chi connectivity index (χ2n) is 6.22. The summed E-state index contributed by atoms with van der Waals surface area (Å²) >= 11 is 0. The molecule has 0 aromatic carbocycles. The van der Waals surface area contributed by atoms with Gasteiger partial charge in [-0.05, 0) is 38.0 Å². The largest absolute Gasteiger partial charge is 0.354 e. The quantitative estimate of drug-likeness (QED) is 0.701. The third kappa shape index (κ3) is 4.13. The van der Waals surface area contributed by atoms with E-state index in [2.05, 4.69) is 24.5 Å². The summed E-state index contributed by atoms with van der Waals surface area (Å²) in [6.45, 7) is 6.13. The van der Waals surface area contributed by atoms with Gasteiger partial charge in [-0.1, -0.05) is 20.3 Å². The first kappa shape index (κ1) is 15.8. The van der Waals surface area contributed by atoms with Crippen LogP contribution in [0.5, 0.6) is 0 Å². The Kier molecular flexibility index (Phi) is 5.93. The molecule has 1 amide bonds. The number of amides is 1. The second kappa shape index (κ2) is 6.76. The lowest BCUT2D eigenvalue weighted by molar-refractivity contribution is -0.137. The van der Waals surface area contributed by atoms with Gasteiger partial charge in [0.2, 0.25) is 5.91 Å². The minimum Gasteiger partial charge on any atom is -0.354 e. The minimum atomic E-state index is -0.0201. The van der Waals surface area contributed by atoms with Gasteiger partial charge in [-0.2, -0.15) is 0 Å². The molecule has 4 heteroatoms. The lowest BCUT2D eigenvalue weighted by atomic mass is 9.64. The molecule has 0 unspecified atom stereocenters. The van der Waals surface area contributed by atoms with Crippen LogP contribution in [0.3, 0.4) is 0 Å². The summed E-state index contributed by atoms with van der Waals surface area (Å²) in [5.74, 6) is 0.917. The fourth-order valence-corrected chi connectivity index (χ4v) is 2.84. The highest BCUT2D eigenvalue weighted by molar-refractivity contribution is 5.85. The van der Waals surface area contributed by atoms with E-state index in [4.69, 9.17) is 0 Å². The molecule has 0 bridgehead atoms. The average molecular weight is 275 g/mol. The number of halogens is 1. The van der Waals surface area contributed by atoms with E-state index in [1.54, 1.807) is 0 Å². The summed E-state index contributed by atoms with van der Waals surface area (Å²) in [5.41, 5.74) is -0.0201. The van der Waals surface area contributed by atoms with Crippen LogP contribution in [0.15, 0.2) is 0 Å². The molecule has 0 spiro atoms. The average Bonchev–Trinajstić information content (AvgIpc) is 3.01. The maximum atomic E-state index is 12.2. The van der Waals surface area contributed by atoms with E-state index in [1.165, 1.54) is 19.3 Å². The van der Waals surface area contributed by atoms with Crippen molar-refractivity contribution in [3.8, 4) is 0 Å². The van der Waals surface area contributed by atoms with E-state index in [-0.39, 0.29) is 17.8 Å². The van der Waals surface area contributed by atoms with Crippen LogP contribution < -0.4 is 10.6 Å². The monoisotopic (exact) mass is 274 g/mol. The first-order valence-corrected chi connectivity index (χ1v) is 7.14. The molecule has 2 N–H and O–H groups in total. The standard InChI is InChI=1S/C14H26N2O.ClH/c1-11(2)10-14(6-3-7-14)13(17)16-9-8-15-12-4-5-12;/h11-12,15H,3-10H2,1-2H3,(H,16,17);1H. The number of carbonyl (C=O) groups excluding carboxylic acids is 1. The first-order valence-electron chi connectivity index (χ1n) is 7.14. The van der Waals surface area contributed by atoms with Crippen molar-refractivity contribution in [2.75, 3.05) is 13.1 Å². The van der Waals surface area contributed by atoms with Crippen LogP contribution in [0, 0.1) is 11.3 Å². The fourth-order valence-electron chi connectivity index (χ4n) is 2.84. The highest BCUT2D eigenvalue weighted by Gasteiger charge is 2.43. The van der Waals surface area contributed by atoms with Crippen LogP contribution in [0.25, 0.3) is 0 Å². The Labute approximate surface area is 117 Å². The van der Waals surface area contributed by atoms with Crippen molar-refractivity contribution in [3.05, 3.63) is 0 Å². The Morgan fingerprint density at radius 1 is 1.28 bits per heavy atom. The molecule has 0 saturated heterocycles. The van der Waals surface area contributed by atoms with Gasteiger partial charge in [0, 0.05) is 24.5 Å². The number of rotatable bonds is 7. The summed E-state index contributed by atoms with van der Waals surface area (Å²) in [7, 11) is 0. The molecule has 2 rings (SSSR count). The Morgan fingerprint density at radius 2 is 1.94 bits per heavy atom. The van der Waals surface area contributed by atoms with Crippen LogP contribution in [-0.2, 0) is 4.79 Å². The molecule has 2 fully saturated rings. The lowest BCUT2D eigenvalue weighted by Gasteiger charge is -2.41. The van der Waals surface area contributed by atoms with Crippen LogP contribution >= 0.6 is 12.4 Å². The molecule has 3 nitrogen and oxygen atoms in total. The number of hydrogen-bond donors (Lipinski definition) is 2. The van der Waals surface area contributed by atoms with Crippen molar-refractivity contribution in [3.63, 3.8) is 0 Å². The van der Waals surface area contributed by atoms with Gasteiger partial charge in [0.05, 0.1) is 0 Å². The highest BCUT2D eigenvalue weighted by Crippen LogP contribution is 2.46. The summed E-state index contributed by atoms with van der Waals surface area (Å²) < 4.78 is 0. The van der Waals surface area contributed by atoms with E-state index < -0.39 is 0 Å². The Morgan fingerprint density at radius 3 is 2.39 bits per heavy atom. The van der Waals surface area contributed by atoms with E-state index in [0.29, 0.717) is 11.8 Å². The van der Waals surface area contributed by atoms with Crippen LogP contribution in [0.4, 0.5) is 0 Å². The lowest BCUT2D eigenvalue weighted by Crippen LogP contribution is -2.48. The van der Waals surface area contributed by atoms with Gasteiger partial charge < -0.3 is 10.6 Å². The van der Waals surface area contributed by atoms with Crippen molar-refractivity contribution in [2.45, 2.75) is 58.4 Å². The zero-order valence-corrected chi connectivity index (χ0v) is 12.4. The summed E-state index contributed by atoms with van der Waals surface area (Å²) in [6.07, 6.45) is 7.08. The Bertz CT molecular complexity index is 273. The van der Waals surface area contributed by atoms with Gasteiger partial charge >= 0.3 is 0 Å². The summed E-state index contributed by atoms with van der Waals surface area (Å²) in [5, 5.41) is 6.54. The van der Waals surface area contributed by atoms with Crippen molar-refractivity contribution in [2.24, 2.45) is 11.3 Å². The molecule has 2 aliphatic rings. The predicted octanol–water partition coefficient (Wildman–Crippen LogP) is 2.49. The highest BCUT2D eigenvalue weighted by atomic mass is 35.5. The SMILES string of the molecule is CC(C)CC1(C(=O)NCCNC2CC2)CCC1.Cl. The molecule has 0 atom stereocenters. The molecule has 0 radical (unpaired) electrons. The Hall–Kier alpha value is -0.280. The van der Waals surface area contributed by atoms with E-state index in [1.807, 2.05) is 0 Å². The molecular weight excluding hydrogens is 248 g/mol. The zero-order chi connectivity index (χ0) is 12.3. The van der Waals surface area contributed by atoms with Gasteiger partial charge in [-0.15, -0.1) is 12.4 Å². The van der Waals surface area contributed by atoms with Crippen LogP contribution in [0.2, 0.25) is 0 Å². The number of hydrogen-bond acceptors (Lipinski definition) is 2. The first-order chi connectivity index (χ1) is 8.12. The summed E-state index contributed by atoms with van der Waals surface area (Å²) in [6, 6.07) is 0.736. The van der Waals surface area contributed by atoms with Crippen molar-refractivity contribution < 1.29 is 4.79 Å². The molecule has 18 heavy (non-hydrogen) atoms. The third-order valence-electron chi connectivity index (χ3n) is 4.01. The van der Waals surface area contributed by atoms with Gasteiger partial charge in [0.25, 0.3) is 0 Å². The molecule has 2 saturated carbocycles. The zero-order valence-electron chi connectivity index (χ0n) is 11.6. The van der Waals surface area contributed by atoms with E-state index >= 15 is 0 Å². The minimum absolute atomic E-state index is 0. The molecule has 0 aromatic heterocycles. The predicted molar refractivity (Wildman–Crippen MR) is 77.0 cm³/mol. The van der Waals surface area contributed by atoms with Crippen molar-refractivity contribution in [1.82, 2.24) is 10.6 Å².